The van der Waals surface area contributed by atoms with Crippen molar-refractivity contribution in [2.75, 3.05) is 13.2 Å². The maximum absolute atomic E-state index is 13.1. The standard InChI is InChI=1S/C33H42O19/c1-11-22(37)25(40)28(43)31(47-11)46-10-20-24(39)27(42)30(45)33(52-20)49-14-6-15(35)21-16(36)8-17(50-18(21)7-14)12-2-4-13(5-3-12)48-32-29(44)26(41)23(38)19(9-34)51-32/h2-7,11,17,19-20,22-35,37-45H,8-10H2,1H3/t11-,17-,19+,20+,22-,23+,24+,25-,26+,27-,28+,29-,30+,31+,32+,33+/m0/s1. The Balaban J connectivity index is 1.12. The van der Waals surface area contributed by atoms with Crippen LogP contribution in [-0.4, -0.2) is 167 Å². The van der Waals surface area contributed by atoms with Gasteiger partial charge in [0.15, 0.2) is 12.1 Å². The van der Waals surface area contributed by atoms with E-state index < -0.39 is 123 Å². The summed E-state index contributed by atoms with van der Waals surface area (Å²) in [7, 11) is 0. The molecule has 4 heterocycles. The molecule has 4 aliphatic rings. The Morgan fingerprint density at radius 3 is 1.87 bits per heavy atom. The molecular formula is C33H42O19. The fourth-order valence-corrected chi connectivity index (χ4v) is 6.36. The van der Waals surface area contributed by atoms with E-state index in [2.05, 4.69) is 0 Å². The fourth-order valence-electron chi connectivity index (χ4n) is 6.36. The topological polar surface area (TPSA) is 304 Å². The summed E-state index contributed by atoms with van der Waals surface area (Å²) in [6, 6.07) is 8.41. The van der Waals surface area contributed by atoms with Crippen molar-refractivity contribution in [3.05, 3.63) is 47.5 Å². The fraction of sp³-hybridized carbons (Fsp3) is 0.606. The van der Waals surface area contributed by atoms with E-state index in [1.807, 2.05) is 0 Å². The van der Waals surface area contributed by atoms with E-state index in [0.717, 1.165) is 6.07 Å². The number of hydrogen-bond acceptors (Lipinski definition) is 19. The minimum absolute atomic E-state index is 0.0815. The van der Waals surface area contributed by atoms with Crippen molar-refractivity contribution in [2.24, 2.45) is 0 Å². The number of aromatic hydroxyl groups is 1. The Bertz CT molecular complexity index is 1540. The van der Waals surface area contributed by atoms with Crippen molar-refractivity contribution in [1.82, 2.24) is 0 Å². The lowest BCUT2D eigenvalue weighted by Crippen LogP contribution is -2.61. The first kappa shape index (κ1) is 38.5. The summed E-state index contributed by atoms with van der Waals surface area (Å²) in [5, 5.41) is 112. The molecule has 0 saturated carbocycles. The molecule has 0 aromatic heterocycles. The van der Waals surface area contributed by atoms with Gasteiger partial charge >= 0.3 is 0 Å². The van der Waals surface area contributed by atoms with E-state index >= 15 is 0 Å². The highest BCUT2D eigenvalue weighted by Crippen LogP contribution is 2.43. The maximum Gasteiger partial charge on any atom is 0.229 e. The van der Waals surface area contributed by atoms with Crippen molar-refractivity contribution in [3.8, 4) is 23.0 Å². The SMILES string of the molecule is C[C@@H]1O[C@@H](OC[C@H]2O[C@@H](Oc3cc(O)c4c(c3)O[C@H](c3ccc(O[C@@H]5O[C@H](CO)[C@@H](O)[C@@H](O)[C@@H]5O)cc3)CC4=O)[C@H](O)[C@@H](O)[C@@H]2O)[C@H](O)[C@@H](O)[C@H]1O. The van der Waals surface area contributed by atoms with Gasteiger partial charge in [0.25, 0.3) is 0 Å². The summed E-state index contributed by atoms with van der Waals surface area (Å²) >= 11 is 0. The molecule has 11 N–H and O–H groups in total. The Kier molecular flexibility index (Phi) is 11.6. The number of phenols is 1. The molecule has 2 aromatic carbocycles. The summed E-state index contributed by atoms with van der Waals surface area (Å²) in [6.45, 7) is 0.293. The van der Waals surface area contributed by atoms with E-state index in [1.165, 1.54) is 25.1 Å². The number of carbonyl (C=O) groups excluding carboxylic acids is 1. The zero-order valence-electron chi connectivity index (χ0n) is 27.5. The molecular weight excluding hydrogens is 700 g/mol. The quantitative estimate of drug-likeness (QED) is 0.118. The van der Waals surface area contributed by atoms with E-state index in [-0.39, 0.29) is 29.2 Å². The zero-order chi connectivity index (χ0) is 37.6. The molecule has 0 amide bonds. The van der Waals surface area contributed by atoms with Gasteiger partial charge < -0.3 is 89.3 Å². The van der Waals surface area contributed by atoms with Crippen molar-refractivity contribution < 1.29 is 94.1 Å². The number of phenolic OH excluding ortho intramolecular Hbond substituents is 1. The van der Waals surface area contributed by atoms with E-state index in [9.17, 15) is 61.0 Å². The summed E-state index contributed by atoms with van der Waals surface area (Å²) in [5.74, 6) is -1.04. The first-order valence-electron chi connectivity index (χ1n) is 16.5. The van der Waals surface area contributed by atoms with Crippen LogP contribution in [0.4, 0.5) is 0 Å². The highest BCUT2D eigenvalue weighted by Gasteiger charge is 2.48. The minimum Gasteiger partial charge on any atom is -0.507 e. The molecule has 0 aliphatic carbocycles. The van der Waals surface area contributed by atoms with Crippen LogP contribution in [0, 0.1) is 0 Å². The Hall–Kier alpha value is -3.25. The van der Waals surface area contributed by atoms with Gasteiger partial charge in [-0.1, -0.05) is 12.1 Å². The van der Waals surface area contributed by atoms with Crippen molar-refractivity contribution in [3.63, 3.8) is 0 Å². The third-order valence-corrected chi connectivity index (χ3v) is 9.48. The Morgan fingerprint density at radius 1 is 0.673 bits per heavy atom. The summed E-state index contributed by atoms with van der Waals surface area (Å²) in [4.78, 5) is 13.1. The van der Waals surface area contributed by atoms with Gasteiger partial charge in [-0.05, 0) is 24.6 Å². The van der Waals surface area contributed by atoms with E-state index in [1.54, 1.807) is 12.1 Å². The molecule has 6 rings (SSSR count). The smallest absolute Gasteiger partial charge is 0.229 e. The van der Waals surface area contributed by atoms with Crippen LogP contribution in [0.15, 0.2) is 36.4 Å². The van der Waals surface area contributed by atoms with Gasteiger partial charge in [0.05, 0.1) is 25.7 Å². The van der Waals surface area contributed by atoms with Crippen LogP contribution in [-0.2, 0) is 18.9 Å². The Morgan fingerprint density at radius 2 is 1.23 bits per heavy atom. The van der Waals surface area contributed by atoms with Crippen molar-refractivity contribution in [2.45, 2.75) is 112 Å². The lowest BCUT2D eigenvalue weighted by atomic mass is 9.95. The van der Waals surface area contributed by atoms with Crippen LogP contribution < -0.4 is 14.2 Å². The molecule has 52 heavy (non-hydrogen) atoms. The van der Waals surface area contributed by atoms with Crippen LogP contribution >= 0.6 is 0 Å². The van der Waals surface area contributed by atoms with Crippen LogP contribution in [0.5, 0.6) is 23.0 Å². The molecule has 19 nitrogen and oxygen atoms in total. The van der Waals surface area contributed by atoms with Crippen LogP contribution in [0.3, 0.4) is 0 Å². The number of Topliss-reactive ketones (excluding diaryl/α,β-unsaturated/α-hetero) is 1. The average Bonchev–Trinajstić information content (AvgIpc) is 3.12. The molecule has 0 spiro atoms. The highest BCUT2D eigenvalue weighted by atomic mass is 16.7. The monoisotopic (exact) mass is 742 g/mol. The lowest BCUT2D eigenvalue weighted by Gasteiger charge is -2.42. The predicted octanol–water partition coefficient (Wildman–Crippen LogP) is -3.69. The molecule has 0 radical (unpaired) electrons. The number of aliphatic hydroxyl groups is 10. The van der Waals surface area contributed by atoms with Gasteiger partial charge in [-0.2, -0.15) is 0 Å². The number of ketones is 1. The maximum atomic E-state index is 13.1. The Labute approximate surface area is 295 Å². The lowest BCUT2D eigenvalue weighted by molar-refractivity contribution is -0.318. The molecule has 288 valence electrons. The molecule has 0 unspecified atom stereocenters. The molecule has 3 saturated heterocycles. The number of benzene rings is 2. The highest BCUT2D eigenvalue weighted by molar-refractivity contribution is 6.02. The second-order valence-corrected chi connectivity index (χ2v) is 13.1. The molecule has 2 aromatic rings. The van der Waals surface area contributed by atoms with Gasteiger partial charge in [0.2, 0.25) is 12.6 Å². The summed E-state index contributed by atoms with van der Waals surface area (Å²) in [5.41, 5.74) is 0.367. The van der Waals surface area contributed by atoms with E-state index in [4.69, 9.17) is 33.2 Å². The number of hydrogen-bond donors (Lipinski definition) is 11. The van der Waals surface area contributed by atoms with Crippen molar-refractivity contribution >= 4 is 5.78 Å². The molecule has 3 fully saturated rings. The summed E-state index contributed by atoms with van der Waals surface area (Å²) in [6.07, 6.45) is -23.7. The third kappa shape index (κ3) is 7.56. The number of carbonyl (C=O) groups is 1. The van der Waals surface area contributed by atoms with Crippen molar-refractivity contribution in [1.29, 1.82) is 0 Å². The molecule has 16 atom stereocenters. The molecule has 19 heteroatoms. The van der Waals surface area contributed by atoms with Gasteiger partial charge in [0.1, 0.15) is 102 Å². The number of rotatable bonds is 9. The number of ether oxygens (including phenoxy) is 7. The normalized spacial score (nSPS) is 40.8. The molecule has 4 aliphatic heterocycles. The first-order valence-corrected chi connectivity index (χ1v) is 16.5. The van der Waals surface area contributed by atoms with Gasteiger partial charge in [-0.15, -0.1) is 0 Å². The van der Waals surface area contributed by atoms with Crippen LogP contribution in [0.2, 0.25) is 0 Å². The first-order chi connectivity index (χ1) is 24.7. The zero-order valence-corrected chi connectivity index (χ0v) is 27.5. The predicted molar refractivity (Wildman–Crippen MR) is 167 cm³/mol. The van der Waals surface area contributed by atoms with E-state index in [0.29, 0.717) is 5.56 Å². The summed E-state index contributed by atoms with van der Waals surface area (Å²) < 4.78 is 39.2. The largest absolute Gasteiger partial charge is 0.507 e. The number of fused-ring (bicyclic) bond motifs is 1. The average molecular weight is 743 g/mol. The van der Waals surface area contributed by atoms with Crippen LogP contribution in [0.25, 0.3) is 0 Å². The second kappa shape index (κ2) is 15.6. The minimum atomic E-state index is -1.81. The second-order valence-electron chi connectivity index (χ2n) is 13.1. The number of aliphatic hydroxyl groups excluding tert-OH is 10. The molecule has 0 bridgehead atoms. The van der Waals surface area contributed by atoms with Crippen LogP contribution in [0.1, 0.15) is 35.4 Å². The van der Waals surface area contributed by atoms with Gasteiger partial charge in [-0.25, -0.2) is 0 Å². The third-order valence-electron chi connectivity index (χ3n) is 9.48. The van der Waals surface area contributed by atoms with Gasteiger partial charge in [0, 0.05) is 12.1 Å². The van der Waals surface area contributed by atoms with Gasteiger partial charge in [-0.3, -0.25) is 4.79 Å².